The van der Waals surface area contributed by atoms with Crippen molar-refractivity contribution in [1.29, 1.82) is 0 Å². The third kappa shape index (κ3) is 3.70. The van der Waals surface area contributed by atoms with Gasteiger partial charge >= 0.3 is 5.97 Å². The van der Waals surface area contributed by atoms with E-state index in [0.717, 1.165) is 12.8 Å². The van der Waals surface area contributed by atoms with Crippen LogP contribution in [0.2, 0.25) is 0 Å². The standard InChI is InChI=1S/C14H27NO2/c1-5-10(3)9-14(6-2,13(16)17)15-11(4)12-7-8-12/h10-12,15H,5-9H2,1-4H3,(H,16,17). The van der Waals surface area contributed by atoms with Gasteiger partial charge in [0, 0.05) is 6.04 Å². The second kappa shape index (κ2) is 5.85. The second-order valence-electron chi connectivity index (χ2n) is 5.73. The highest BCUT2D eigenvalue weighted by atomic mass is 16.4. The van der Waals surface area contributed by atoms with Crippen molar-refractivity contribution in [2.24, 2.45) is 11.8 Å². The molecule has 0 radical (unpaired) electrons. The van der Waals surface area contributed by atoms with Crippen LogP contribution in [0.5, 0.6) is 0 Å². The number of hydrogen-bond donors (Lipinski definition) is 2. The minimum absolute atomic E-state index is 0.329. The van der Waals surface area contributed by atoms with Crippen LogP contribution in [0.4, 0.5) is 0 Å². The molecule has 3 atom stereocenters. The fourth-order valence-corrected chi connectivity index (χ4v) is 2.49. The Labute approximate surface area is 105 Å². The lowest BCUT2D eigenvalue weighted by molar-refractivity contribution is -0.146. The first kappa shape index (κ1) is 14.5. The lowest BCUT2D eigenvalue weighted by Crippen LogP contribution is -2.56. The minimum atomic E-state index is -0.725. The monoisotopic (exact) mass is 241 g/mol. The first-order valence-corrected chi connectivity index (χ1v) is 6.96. The third-order valence-electron chi connectivity index (χ3n) is 4.24. The molecule has 0 heterocycles. The van der Waals surface area contributed by atoms with Gasteiger partial charge < -0.3 is 5.11 Å². The fraction of sp³-hybridized carbons (Fsp3) is 0.929. The van der Waals surface area contributed by atoms with Crippen LogP contribution in [0.15, 0.2) is 0 Å². The van der Waals surface area contributed by atoms with Crippen molar-refractivity contribution in [3.8, 4) is 0 Å². The molecule has 0 bridgehead atoms. The molecule has 100 valence electrons. The summed E-state index contributed by atoms with van der Waals surface area (Å²) in [5, 5.41) is 13.0. The van der Waals surface area contributed by atoms with E-state index in [1.165, 1.54) is 12.8 Å². The molecule has 1 fully saturated rings. The van der Waals surface area contributed by atoms with Gasteiger partial charge in [0.25, 0.3) is 0 Å². The van der Waals surface area contributed by atoms with Gasteiger partial charge in [-0.2, -0.15) is 0 Å². The Hall–Kier alpha value is -0.570. The maximum Gasteiger partial charge on any atom is 0.323 e. The van der Waals surface area contributed by atoms with Crippen molar-refractivity contribution in [2.45, 2.75) is 71.4 Å². The Morgan fingerprint density at radius 2 is 2.00 bits per heavy atom. The largest absolute Gasteiger partial charge is 0.480 e. The van der Waals surface area contributed by atoms with E-state index >= 15 is 0 Å². The molecule has 0 aromatic carbocycles. The van der Waals surface area contributed by atoms with E-state index in [2.05, 4.69) is 26.1 Å². The van der Waals surface area contributed by atoms with Crippen LogP contribution in [0.1, 0.15) is 59.8 Å². The first-order chi connectivity index (χ1) is 7.95. The van der Waals surface area contributed by atoms with E-state index in [0.29, 0.717) is 24.3 Å². The van der Waals surface area contributed by atoms with Gasteiger partial charge in [0.05, 0.1) is 0 Å². The van der Waals surface area contributed by atoms with Crippen LogP contribution in [-0.4, -0.2) is 22.7 Å². The van der Waals surface area contributed by atoms with Crippen LogP contribution in [-0.2, 0) is 4.79 Å². The summed E-state index contributed by atoms with van der Waals surface area (Å²) in [6, 6.07) is 0.329. The Morgan fingerprint density at radius 3 is 2.35 bits per heavy atom. The maximum absolute atomic E-state index is 11.6. The predicted molar refractivity (Wildman–Crippen MR) is 70.1 cm³/mol. The molecule has 17 heavy (non-hydrogen) atoms. The van der Waals surface area contributed by atoms with E-state index in [9.17, 15) is 9.90 Å². The van der Waals surface area contributed by atoms with Gasteiger partial charge in [0.2, 0.25) is 0 Å². The molecule has 1 aliphatic rings. The number of hydrogen-bond acceptors (Lipinski definition) is 2. The van der Waals surface area contributed by atoms with Gasteiger partial charge in [-0.25, -0.2) is 0 Å². The summed E-state index contributed by atoms with van der Waals surface area (Å²) in [5.74, 6) is 0.454. The smallest absolute Gasteiger partial charge is 0.323 e. The molecule has 0 saturated heterocycles. The molecule has 1 saturated carbocycles. The van der Waals surface area contributed by atoms with Crippen molar-refractivity contribution in [1.82, 2.24) is 5.32 Å². The molecule has 1 rings (SSSR count). The number of rotatable bonds is 8. The Kier molecular flexibility index (Phi) is 4.99. The first-order valence-electron chi connectivity index (χ1n) is 6.96. The number of aliphatic carboxylic acids is 1. The summed E-state index contributed by atoms with van der Waals surface area (Å²) in [6.07, 6.45) is 4.92. The van der Waals surface area contributed by atoms with E-state index in [-0.39, 0.29) is 0 Å². The van der Waals surface area contributed by atoms with Gasteiger partial charge in [0.1, 0.15) is 5.54 Å². The van der Waals surface area contributed by atoms with Crippen LogP contribution >= 0.6 is 0 Å². The summed E-state index contributed by atoms with van der Waals surface area (Å²) >= 11 is 0. The van der Waals surface area contributed by atoms with Crippen molar-refractivity contribution in [2.75, 3.05) is 0 Å². The number of carbonyl (C=O) groups is 1. The highest BCUT2D eigenvalue weighted by Gasteiger charge is 2.41. The maximum atomic E-state index is 11.6. The van der Waals surface area contributed by atoms with Crippen molar-refractivity contribution in [3.05, 3.63) is 0 Å². The average molecular weight is 241 g/mol. The molecule has 0 aromatic heterocycles. The topological polar surface area (TPSA) is 49.3 Å². The van der Waals surface area contributed by atoms with Gasteiger partial charge in [-0.15, -0.1) is 0 Å². The summed E-state index contributed by atoms with van der Waals surface area (Å²) < 4.78 is 0. The summed E-state index contributed by atoms with van der Waals surface area (Å²) in [7, 11) is 0. The summed E-state index contributed by atoms with van der Waals surface area (Å²) in [5.41, 5.74) is -0.725. The molecule has 0 spiro atoms. The summed E-state index contributed by atoms with van der Waals surface area (Å²) in [4.78, 5) is 11.6. The van der Waals surface area contributed by atoms with E-state index < -0.39 is 11.5 Å². The summed E-state index contributed by atoms with van der Waals surface area (Å²) in [6.45, 7) is 8.36. The van der Waals surface area contributed by atoms with Crippen LogP contribution in [0, 0.1) is 11.8 Å². The molecule has 0 amide bonds. The fourth-order valence-electron chi connectivity index (χ4n) is 2.49. The Bertz CT molecular complexity index is 263. The third-order valence-corrected chi connectivity index (χ3v) is 4.24. The number of carboxylic acid groups (broad SMARTS) is 1. The molecule has 1 aliphatic carbocycles. The van der Waals surface area contributed by atoms with Crippen LogP contribution in [0.3, 0.4) is 0 Å². The highest BCUT2D eigenvalue weighted by molar-refractivity contribution is 5.78. The quantitative estimate of drug-likeness (QED) is 0.686. The van der Waals surface area contributed by atoms with Crippen LogP contribution < -0.4 is 5.32 Å². The normalized spacial score (nSPS) is 22.8. The highest BCUT2D eigenvalue weighted by Crippen LogP contribution is 2.34. The molecule has 0 aliphatic heterocycles. The molecule has 3 unspecified atom stereocenters. The molecule has 2 N–H and O–H groups in total. The molecule has 0 aromatic rings. The van der Waals surface area contributed by atoms with E-state index in [4.69, 9.17) is 0 Å². The SMILES string of the molecule is CCC(C)CC(CC)(NC(C)C1CC1)C(=O)O. The van der Waals surface area contributed by atoms with Crippen molar-refractivity contribution < 1.29 is 9.90 Å². The van der Waals surface area contributed by atoms with Gasteiger partial charge in [-0.3, -0.25) is 10.1 Å². The van der Waals surface area contributed by atoms with Crippen molar-refractivity contribution >= 4 is 5.97 Å². The minimum Gasteiger partial charge on any atom is -0.480 e. The lowest BCUT2D eigenvalue weighted by atomic mass is 9.83. The predicted octanol–water partition coefficient (Wildman–Crippen LogP) is 3.04. The van der Waals surface area contributed by atoms with E-state index in [1.807, 2.05) is 6.92 Å². The lowest BCUT2D eigenvalue weighted by Gasteiger charge is -2.35. The van der Waals surface area contributed by atoms with Crippen molar-refractivity contribution in [3.63, 3.8) is 0 Å². The zero-order valence-electron chi connectivity index (χ0n) is 11.6. The molecule has 3 heteroatoms. The number of nitrogens with one attached hydrogen (secondary N) is 1. The second-order valence-corrected chi connectivity index (χ2v) is 5.73. The molecular formula is C14H27NO2. The van der Waals surface area contributed by atoms with E-state index in [1.54, 1.807) is 0 Å². The van der Waals surface area contributed by atoms with Gasteiger partial charge in [-0.1, -0.05) is 27.2 Å². The zero-order chi connectivity index (χ0) is 13.1. The molecular weight excluding hydrogens is 214 g/mol. The number of carboxylic acids is 1. The zero-order valence-corrected chi connectivity index (χ0v) is 11.6. The molecule has 3 nitrogen and oxygen atoms in total. The van der Waals surface area contributed by atoms with Gasteiger partial charge in [0.15, 0.2) is 0 Å². The van der Waals surface area contributed by atoms with Gasteiger partial charge in [-0.05, 0) is 44.4 Å². The average Bonchev–Trinajstić information content (AvgIpc) is 3.11. The van der Waals surface area contributed by atoms with Crippen LogP contribution in [0.25, 0.3) is 0 Å². The Balaban J connectivity index is 2.71. The Morgan fingerprint density at radius 1 is 1.41 bits per heavy atom.